The van der Waals surface area contributed by atoms with Gasteiger partial charge in [-0.25, -0.2) is 0 Å². The Morgan fingerprint density at radius 1 is 1.45 bits per heavy atom. The fourth-order valence-corrected chi connectivity index (χ4v) is 4.07. The first-order valence-corrected chi connectivity index (χ1v) is 9.13. The molecule has 2 unspecified atom stereocenters. The molecule has 0 aromatic carbocycles. The number of hydrogen-bond acceptors (Lipinski definition) is 3. The normalized spacial score (nSPS) is 26.2. The summed E-state index contributed by atoms with van der Waals surface area (Å²) in [6, 6.07) is 2.15. The summed E-state index contributed by atoms with van der Waals surface area (Å²) in [5.74, 6) is 1.70. The fraction of sp³-hybridized carbons (Fsp3) is 0.706. The Bertz CT molecular complexity index is 469. The second kappa shape index (κ2) is 7.97. The summed E-state index contributed by atoms with van der Waals surface area (Å²) in [5, 5.41) is 11.2. The summed E-state index contributed by atoms with van der Waals surface area (Å²) in [5.41, 5.74) is 1.55. The average molecular weight is 323 g/mol. The van der Waals surface area contributed by atoms with Crippen LogP contribution in [0.3, 0.4) is 0 Å². The molecule has 1 fully saturated rings. The highest BCUT2D eigenvalue weighted by molar-refractivity contribution is 7.07. The molecule has 5 heteroatoms. The first kappa shape index (κ1) is 17.3. The first-order valence-electron chi connectivity index (χ1n) is 8.19. The van der Waals surface area contributed by atoms with Gasteiger partial charge in [-0.05, 0) is 55.2 Å². The molecule has 0 amide bonds. The van der Waals surface area contributed by atoms with Crippen molar-refractivity contribution in [1.29, 1.82) is 0 Å². The molecule has 2 atom stereocenters. The molecule has 2 N–H and O–H groups in total. The molecule has 1 aliphatic carbocycles. The average Bonchev–Trinajstić information content (AvgIpc) is 3.00. The maximum Gasteiger partial charge on any atom is 0.191 e. The summed E-state index contributed by atoms with van der Waals surface area (Å²) < 4.78 is 0. The van der Waals surface area contributed by atoms with Crippen LogP contribution in [0, 0.1) is 5.92 Å². The maximum atomic E-state index is 4.36. The van der Waals surface area contributed by atoms with Gasteiger partial charge >= 0.3 is 0 Å². The van der Waals surface area contributed by atoms with Crippen molar-refractivity contribution in [2.75, 3.05) is 27.7 Å². The third-order valence-corrected chi connectivity index (χ3v) is 5.60. The van der Waals surface area contributed by atoms with Gasteiger partial charge in [0.15, 0.2) is 5.96 Å². The summed E-state index contributed by atoms with van der Waals surface area (Å²) in [6.45, 7) is 4.16. The number of guanidine groups is 1. The van der Waals surface area contributed by atoms with E-state index in [4.69, 9.17) is 0 Å². The van der Waals surface area contributed by atoms with Gasteiger partial charge in [-0.2, -0.15) is 11.3 Å². The summed E-state index contributed by atoms with van der Waals surface area (Å²) in [7, 11) is 6.26. The standard InChI is InChI=1S/C17H30N4S/c1-14-6-5-8-17(10-14,21(3)4)13-20-16(18-2)19-11-15-7-9-22-12-15/h7,9,12,14H,5-6,8,10-11,13H2,1-4H3,(H2,18,19,20). The van der Waals surface area contributed by atoms with Gasteiger partial charge in [-0.1, -0.05) is 19.8 Å². The molecule has 22 heavy (non-hydrogen) atoms. The molecule has 4 nitrogen and oxygen atoms in total. The lowest BCUT2D eigenvalue weighted by Gasteiger charge is -2.45. The molecule has 124 valence electrons. The van der Waals surface area contributed by atoms with Crippen molar-refractivity contribution in [3.05, 3.63) is 22.4 Å². The minimum absolute atomic E-state index is 0.248. The lowest BCUT2D eigenvalue weighted by atomic mass is 9.75. The van der Waals surface area contributed by atoms with Crippen molar-refractivity contribution in [3.63, 3.8) is 0 Å². The number of thiophene rings is 1. The van der Waals surface area contributed by atoms with E-state index < -0.39 is 0 Å². The van der Waals surface area contributed by atoms with E-state index in [-0.39, 0.29) is 5.54 Å². The van der Waals surface area contributed by atoms with Crippen LogP contribution in [0.2, 0.25) is 0 Å². The highest BCUT2D eigenvalue weighted by atomic mass is 32.1. The largest absolute Gasteiger partial charge is 0.355 e. The SMILES string of the molecule is CN=C(NCc1ccsc1)NCC1(N(C)C)CCCC(C)C1. The minimum Gasteiger partial charge on any atom is -0.355 e. The van der Waals surface area contributed by atoms with Crippen molar-refractivity contribution in [1.82, 2.24) is 15.5 Å². The second-order valence-corrected chi connectivity index (χ2v) is 7.51. The van der Waals surface area contributed by atoms with E-state index in [0.717, 1.165) is 25.0 Å². The van der Waals surface area contributed by atoms with Crippen molar-refractivity contribution >= 4 is 17.3 Å². The first-order chi connectivity index (χ1) is 10.6. The summed E-state index contributed by atoms with van der Waals surface area (Å²) in [4.78, 5) is 6.77. The van der Waals surface area contributed by atoms with Crippen molar-refractivity contribution in [2.45, 2.75) is 44.7 Å². The summed E-state index contributed by atoms with van der Waals surface area (Å²) in [6.07, 6.45) is 5.20. The number of nitrogens with one attached hydrogen (secondary N) is 2. The van der Waals surface area contributed by atoms with Gasteiger partial charge in [0.25, 0.3) is 0 Å². The minimum atomic E-state index is 0.248. The molecule has 1 aliphatic rings. The number of aliphatic imine (C=N–C) groups is 1. The zero-order valence-corrected chi connectivity index (χ0v) is 15.2. The van der Waals surface area contributed by atoms with E-state index in [1.54, 1.807) is 11.3 Å². The predicted octanol–water partition coefficient (Wildman–Crippen LogP) is 2.92. The quantitative estimate of drug-likeness (QED) is 0.647. The molecule has 0 radical (unpaired) electrons. The van der Waals surface area contributed by atoms with Crippen LogP contribution >= 0.6 is 11.3 Å². The van der Waals surface area contributed by atoms with E-state index in [9.17, 15) is 0 Å². The molecule has 0 saturated heterocycles. The van der Waals surface area contributed by atoms with Crippen LogP contribution in [-0.2, 0) is 6.54 Å². The van der Waals surface area contributed by atoms with Gasteiger partial charge in [0.1, 0.15) is 0 Å². The molecule has 0 bridgehead atoms. The second-order valence-electron chi connectivity index (χ2n) is 6.73. The lowest BCUT2D eigenvalue weighted by Crippen LogP contribution is -2.56. The van der Waals surface area contributed by atoms with Crippen LogP contribution in [0.4, 0.5) is 0 Å². The van der Waals surface area contributed by atoms with Gasteiger partial charge in [0, 0.05) is 25.7 Å². The number of likely N-dealkylation sites (N-methyl/N-ethyl adjacent to an activating group) is 1. The number of nitrogens with zero attached hydrogens (tertiary/aromatic N) is 2. The van der Waals surface area contributed by atoms with Gasteiger partial charge in [0.2, 0.25) is 0 Å². The van der Waals surface area contributed by atoms with Crippen molar-refractivity contribution < 1.29 is 0 Å². The molecule has 1 heterocycles. The third-order valence-electron chi connectivity index (χ3n) is 4.86. The van der Waals surface area contributed by atoms with E-state index in [1.807, 2.05) is 7.05 Å². The molecule has 1 saturated carbocycles. The Morgan fingerprint density at radius 2 is 2.27 bits per heavy atom. The smallest absolute Gasteiger partial charge is 0.191 e. The molecule has 2 rings (SSSR count). The van der Waals surface area contributed by atoms with Crippen LogP contribution in [0.25, 0.3) is 0 Å². The van der Waals surface area contributed by atoms with Crippen LogP contribution in [0.1, 0.15) is 38.2 Å². The molecular formula is C17H30N4S. The van der Waals surface area contributed by atoms with Gasteiger partial charge in [-0.3, -0.25) is 4.99 Å². The van der Waals surface area contributed by atoms with E-state index in [0.29, 0.717) is 0 Å². The Balaban J connectivity index is 1.89. The van der Waals surface area contributed by atoms with E-state index in [2.05, 4.69) is 58.4 Å². The van der Waals surface area contributed by atoms with Crippen LogP contribution in [-0.4, -0.2) is 44.1 Å². The monoisotopic (exact) mass is 322 g/mol. The Labute approximate surface area is 139 Å². The summed E-state index contributed by atoms with van der Waals surface area (Å²) >= 11 is 1.73. The highest BCUT2D eigenvalue weighted by Gasteiger charge is 2.36. The Hall–Kier alpha value is -1.07. The predicted molar refractivity (Wildman–Crippen MR) is 96.6 cm³/mol. The van der Waals surface area contributed by atoms with Crippen molar-refractivity contribution in [2.24, 2.45) is 10.9 Å². The van der Waals surface area contributed by atoms with Crippen molar-refractivity contribution in [3.8, 4) is 0 Å². The zero-order chi connectivity index (χ0) is 16.0. The van der Waals surface area contributed by atoms with E-state index in [1.165, 1.54) is 31.2 Å². The molecule has 0 spiro atoms. The Morgan fingerprint density at radius 3 is 2.86 bits per heavy atom. The zero-order valence-electron chi connectivity index (χ0n) is 14.4. The third kappa shape index (κ3) is 4.46. The topological polar surface area (TPSA) is 39.7 Å². The van der Waals surface area contributed by atoms with E-state index >= 15 is 0 Å². The molecule has 1 aromatic heterocycles. The number of rotatable bonds is 5. The van der Waals surface area contributed by atoms with Gasteiger partial charge in [0.05, 0.1) is 0 Å². The molecule has 1 aromatic rings. The van der Waals surface area contributed by atoms with Crippen LogP contribution < -0.4 is 10.6 Å². The van der Waals surface area contributed by atoms with Crippen LogP contribution in [0.5, 0.6) is 0 Å². The lowest BCUT2D eigenvalue weighted by molar-refractivity contribution is 0.0795. The number of hydrogen-bond donors (Lipinski definition) is 2. The van der Waals surface area contributed by atoms with Gasteiger partial charge in [-0.15, -0.1) is 0 Å². The van der Waals surface area contributed by atoms with Crippen LogP contribution in [0.15, 0.2) is 21.8 Å². The fourth-order valence-electron chi connectivity index (χ4n) is 3.41. The molecular weight excluding hydrogens is 292 g/mol. The Kier molecular flexibility index (Phi) is 6.26. The maximum absolute atomic E-state index is 4.36. The molecule has 0 aliphatic heterocycles. The highest BCUT2D eigenvalue weighted by Crippen LogP contribution is 2.35. The van der Waals surface area contributed by atoms with Gasteiger partial charge < -0.3 is 15.5 Å².